The summed E-state index contributed by atoms with van der Waals surface area (Å²) >= 11 is 5.97. The number of rotatable bonds is 3. The molecule has 4 heteroatoms. The summed E-state index contributed by atoms with van der Waals surface area (Å²) in [5, 5.41) is 3.86. The van der Waals surface area contributed by atoms with Crippen LogP contribution in [0.2, 0.25) is 5.02 Å². The average Bonchev–Trinajstić information content (AvgIpc) is 2.30. The van der Waals surface area contributed by atoms with Gasteiger partial charge in [-0.2, -0.15) is 0 Å². The largest absolute Gasteiger partial charge is 0.399 e. The molecule has 0 saturated carbocycles. The minimum Gasteiger partial charge on any atom is -0.399 e. The van der Waals surface area contributed by atoms with Crippen LogP contribution < -0.4 is 11.1 Å². The van der Waals surface area contributed by atoms with Crippen LogP contribution in [0.5, 0.6) is 0 Å². The van der Waals surface area contributed by atoms with E-state index < -0.39 is 0 Å². The smallest absolute Gasteiger partial charge is 0.0820 e. The third-order valence-corrected chi connectivity index (χ3v) is 2.54. The van der Waals surface area contributed by atoms with Gasteiger partial charge < -0.3 is 11.1 Å². The van der Waals surface area contributed by atoms with Crippen molar-refractivity contribution in [1.29, 1.82) is 0 Å². The van der Waals surface area contributed by atoms with Gasteiger partial charge in [-0.05, 0) is 23.8 Å². The summed E-state index contributed by atoms with van der Waals surface area (Å²) in [6, 6.07) is 9.57. The maximum atomic E-state index is 5.97. The van der Waals surface area contributed by atoms with Crippen LogP contribution >= 0.6 is 11.6 Å². The maximum Gasteiger partial charge on any atom is 0.0820 e. The maximum absolute atomic E-state index is 5.97. The van der Waals surface area contributed by atoms with Crippen LogP contribution in [0.25, 0.3) is 0 Å². The average molecular weight is 234 g/mol. The number of nitrogens with zero attached hydrogens (tertiary/aromatic N) is 1. The van der Waals surface area contributed by atoms with Gasteiger partial charge in [-0.25, -0.2) is 0 Å². The molecular weight excluding hydrogens is 222 g/mol. The molecule has 3 nitrogen and oxygen atoms in total. The summed E-state index contributed by atoms with van der Waals surface area (Å²) in [5.74, 6) is 0. The molecule has 1 aromatic carbocycles. The second kappa shape index (κ2) is 4.86. The highest BCUT2D eigenvalue weighted by atomic mass is 35.5. The molecule has 0 aliphatic rings. The summed E-state index contributed by atoms with van der Waals surface area (Å²) in [5.41, 5.74) is 8.42. The summed E-state index contributed by atoms with van der Waals surface area (Å²) in [7, 11) is 0. The van der Waals surface area contributed by atoms with Gasteiger partial charge in [0.2, 0.25) is 0 Å². The lowest BCUT2D eigenvalue weighted by molar-refractivity contribution is 1.14. The third kappa shape index (κ3) is 2.64. The zero-order valence-electron chi connectivity index (χ0n) is 8.65. The van der Waals surface area contributed by atoms with Crippen molar-refractivity contribution in [3.8, 4) is 0 Å². The molecule has 0 radical (unpaired) electrons. The van der Waals surface area contributed by atoms with Gasteiger partial charge in [-0.3, -0.25) is 4.98 Å². The Bertz CT molecular complexity index is 468. The molecule has 0 fully saturated rings. The van der Waals surface area contributed by atoms with Gasteiger partial charge in [-0.1, -0.05) is 23.7 Å². The molecule has 1 aromatic heterocycles. The van der Waals surface area contributed by atoms with E-state index in [4.69, 9.17) is 17.3 Å². The molecule has 0 aliphatic carbocycles. The van der Waals surface area contributed by atoms with Crippen molar-refractivity contribution in [2.75, 3.05) is 11.1 Å². The highest BCUT2D eigenvalue weighted by Gasteiger charge is 1.98. The fourth-order valence-corrected chi connectivity index (χ4v) is 1.54. The normalized spacial score (nSPS) is 10.1. The highest BCUT2D eigenvalue weighted by Crippen LogP contribution is 2.19. The van der Waals surface area contributed by atoms with Crippen LogP contribution in [0, 0.1) is 0 Å². The van der Waals surface area contributed by atoms with E-state index >= 15 is 0 Å². The molecule has 0 saturated heterocycles. The lowest BCUT2D eigenvalue weighted by Gasteiger charge is -2.07. The third-order valence-electron chi connectivity index (χ3n) is 2.24. The number of anilines is 2. The summed E-state index contributed by atoms with van der Waals surface area (Å²) in [6.07, 6.45) is 3.32. The quantitative estimate of drug-likeness (QED) is 0.802. The van der Waals surface area contributed by atoms with E-state index in [1.54, 1.807) is 12.4 Å². The lowest BCUT2D eigenvalue weighted by Crippen LogP contribution is -2.00. The number of halogens is 1. The number of hydrogen-bond donors (Lipinski definition) is 2. The number of hydrogen-bond acceptors (Lipinski definition) is 3. The van der Waals surface area contributed by atoms with Crippen LogP contribution in [-0.4, -0.2) is 4.98 Å². The van der Waals surface area contributed by atoms with Gasteiger partial charge in [0.25, 0.3) is 0 Å². The van der Waals surface area contributed by atoms with Crippen LogP contribution in [-0.2, 0) is 6.54 Å². The number of nitrogens with two attached hydrogens (primary N) is 1. The molecule has 1 heterocycles. The Hall–Kier alpha value is -1.74. The molecule has 16 heavy (non-hydrogen) atoms. The monoisotopic (exact) mass is 233 g/mol. The second-order valence-corrected chi connectivity index (χ2v) is 3.86. The first-order valence-electron chi connectivity index (χ1n) is 4.93. The lowest BCUT2D eigenvalue weighted by atomic mass is 10.2. The Balaban J connectivity index is 2.02. The molecule has 2 rings (SSSR count). The Morgan fingerprint density at radius 2 is 1.94 bits per heavy atom. The minimum atomic E-state index is 0.623. The zero-order valence-corrected chi connectivity index (χ0v) is 9.41. The molecular formula is C12H12ClN3. The van der Waals surface area contributed by atoms with Gasteiger partial charge in [0.15, 0.2) is 0 Å². The predicted molar refractivity (Wildman–Crippen MR) is 67.4 cm³/mol. The van der Waals surface area contributed by atoms with Crippen LogP contribution in [0.1, 0.15) is 5.56 Å². The van der Waals surface area contributed by atoms with Gasteiger partial charge >= 0.3 is 0 Å². The first kappa shape index (κ1) is 10.8. The number of nitrogens with one attached hydrogen (secondary N) is 1. The number of nitrogen functional groups attached to an aromatic ring is 1. The molecule has 3 N–H and O–H groups in total. The highest BCUT2D eigenvalue weighted by molar-refractivity contribution is 6.33. The standard InChI is InChI=1S/C12H12ClN3/c13-11-8-15-6-5-12(11)16-7-9-1-3-10(14)4-2-9/h1-6,8H,7,14H2,(H,15,16). The van der Waals surface area contributed by atoms with Crippen molar-refractivity contribution in [2.24, 2.45) is 0 Å². The predicted octanol–water partition coefficient (Wildman–Crippen LogP) is 2.93. The van der Waals surface area contributed by atoms with E-state index in [-0.39, 0.29) is 0 Å². The first-order chi connectivity index (χ1) is 7.75. The van der Waals surface area contributed by atoms with Crippen molar-refractivity contribution < 1.29 is 0 Å². The Morgan fingerprint density at radius 3 is 2.62 bits per heavy atom. The Kier molecular flexibility index (Phi) is 3.27. The van der Waals surface area contributed by atoms with Crippen LogP contribution in [0.15, 0.2) is 42.7 Å². The SMILES string of the molecule is Nc1ccc(CNc2ccncc2Cl)cc1. The Morgan fingerprint density at radius 1 is 1.19 bits per heavy atom. The molecule has 0 amide bonds. The summed E-state index contributed by atoms with van der Waals surface area (Å²) in [6.45, 7) is 0.712. The van der Waals surface area contributed by atoms with E-state index in [0.717, 1.165) is 16.9 Å². The topological polar surface area (TPSA) is 50.9 Å². The van der Waals surface area contributed by atoms with Gasteiger partial charge in [0, 0.05) is 24.6 Å². The molecule has 0 unspecified atom stereocenters. The van der Waals surface area contributed by atoms with Crippen molar-refractivity contribution in [1.82, 2.24) is 4.98 Å². The van der Waals surface area contributed by atoms with E-state index in [0.29, 0.717) is 11.6 Å². The second-order valence-electron chi connectivity index (χ2n) is 3.45. The van der Waals surface area contributed by atoms with Crippen molar-refractivity contribution in [3.05, 3.63) is 53.3 Å². The molecule has 0 spiro atoms. The number of aromatic nitrogens is 1. The minimum absolute atomic E-state index is 0.623. The zero-order chi connectivity index (χ0) is 11.4. The molecule has 2 aromatic rings. The van der Waals surface area contributed by atoms with Crippen molar-refractivity contribution in [3.63, 3.8) is 0 Å². The van der Waals surface area contributed by atoms with E-state index in [1.165, 1.54) is 0 Å². The van der Waals surface area contributed by atoms with Crippen LogP contribution in [0.4, 0.5) is 11.4 Å². The van der Waals surface area contributed by atoms with Crippen LogP contribution in [0.3, 0.4) is 0 Å². The first-order valence-corrected chi connectivity index (χ1v) is 5.31. The number of pyridine rings is 1. The van der Waals surface area contributed by atoms with E-state index in [1.807, 2.05) is 30.3 Å². The van der Waals surface area contributed by atoms with Gasteiger partial charge in [0.05, 0.1) is 10.7 Å². The molecule has 0 atom stereocenters. The summed E-state index contributed by atoms with van der Waals surface area (Å²) in [4.78, 5) is 3.92. The van der Waals surface area contributed by atoms with E-state index in [2.05, 4.69) is 10.3 Å². The molecule has 82 valence electrons. The fourth-order valence-electron chi connectivity index (χ4n) is 1.35. The molecule has 0 bridgehead atoms. The van der Waals surface area contributed by atoms with Crippen molar-refractivity contribution >= 4 is 23.0 Å². The summed E-state index contributed by atoms with van der Waals surface area (Å²) < 4.78 is 0. The fraction of sp³-hybridized carbons (Fsp3) is 0.0833. The van der Waals surface area contributed by atoms with Gasteiger partial charge in [0.1, 0.15) is 0 Å². The van der Waals surface area contributed by atoms with Crippen molar-refractivity contribution in [2.45, 2.75) is 6.54 Å². The number of benzene rings is 1. The Labute approximate surface area is 99.3 Å². The van der Waals surface area contributed by atoms with Gasteiger partial charge in [-0.15, -0.1) is 0 Å². The van der Waals surface area contributed by atoms with E-state index in [9.17, 15) is 0 Å². The molecule has 0 aliphatic heterocycles.